The maximum Gasteiger partial charge on any atom is 0.143 e. The lowest BCUT2D eigenvalue weighted by atomic mass is 9.97. The third-order valence-corrected chi connectivity index (χ3v) is 10.2. The van der Waals surface area contributed by atoms with Gasteiger partial charge in [0.25, 0.3) is 0 Å². The van der Waals surface area contributed by atoms with Gasteiger partial charge >= 0.3 is 0 Å². The molecule has 0 fully saturated rings. The van der Waals surface area contributed by atoms with Gasteiger partial charge in [0.05, 0.1) is 5.69 Å². The predicted octanol–water partition coefficient (Wildman–Crippen LogP) is 14.4. The highest BCUT2D eigenvalue weighted by Crippen LogP contribution is 2.45. The topological polar surface area (TPSA) is 16.4 Å². The average Bonchev–Trinajstić information content (AvgIpc) is 3.61. The van der Waals surface area contributed by atoms with Crippen LogP contribution in [0.3, 0.4) is 0 Å². The van der Waals surface area contributed by atoms with Crippen molar-refractivity contribution in [2.24, 2.45) is 0 Å². The smallest absolute Gasteiger partial charge is 0.143 e. The fourth-order valence-electron chi connectivity index (χ4n) is 7.79. The molecule has 0 N–H and O–H groups in total. The van der Waals surface area contributed by atoms with Gasteiger partial charge in [-0.3, -0.25) is 0 Å². The van der Waals surface area contributed by atoms with Crippen LogP contribution in [-0.2, 0) is 0 Å². The van der Waals surface area contributed by atoms with Gasteiger partial charge in [-0.2, -0.15) is 0 Å². The first-order chi connectivity index (χ1) is 25.8. The molecule has 0 aliphatic heterocycles. The van der Waals surface area contributed by atoms with E-state index >= 15 is 0 Å². The van der Waals surface area contributed by atoms with Crippen LogP contribution < -0.4 is 4.90 Å². The molecule has 52 heavy (non-hydrogen) atoms. The quantitative estimate of drug-likeness (QED) is 0.165. The summed E-state index contributed by atoms with van der Waals surface area (Å²) in [5.41, 5.74) is 11.9. The number of rotatable bonds is 6. The standard InChI is InChI=1S/C50H33NO/c1-3-14-34(15-4-1)35-28-30-39(31-29-35)51(48-33-38-18-7-8-21-41(38)44-22-9-10-23-45(44)48)40-20-11-19-37(32-40)43-25-13-27-47-46-26-12-24-42(49(46)52-50(43)47)36-16-5-2-6-17-36/h1-33H. The van der Waals surface area contributed by atoms with Gasteiger partial charge in [0.2, 0.25) is 0 Å². The highest BCUT2D eigenvalue weighted by atomic mass is 16.3. The number of benzene rings is 9. The van der Waals surface area contributed by atoms with Crippen LogP contribution in [0.25, 0.3) is 76.9 Å². The fourth-order valence-corrected chi connectivity index (χ4v) is 7.79. The monoisotopic (exact) mass is 663 g/mol. The first-order valence-electron chi connectivity index (χ1n) is 17.8. The molecule has 0 radical (unpaired) electrons. The number of nitrogens with zero attached hydrogens (tertiary/aromatic N) is 1. The molecule has 9 aromatic carbocycles. The number of anilines is 3. The Labute approximate surface area is 302 Å². The van der Waals surface area contributed by atoms with Crippen molar-refractivity contribution in [2.45, 2.75) is 0 Å². The highest BCUT2D eigenvalue weighted by Gasteiger charge is 2.20. The van der Waals surface area contributed by atoms with Crippen LogP contribution in [0.15, 0.2) is 205 Å². The molecule has 2 heteroatoms. The Morgan fingerprint density at radius 2 is 0.827 bits per heavy atom. The molecule has 0 saturated heterocycles. The van der Waals surface area contributed by atoms with E-state index in [0.29, 0.717) is 0 Å². The van der Waals surface area contributed by atoms with E-state index in [-0.39, 0.29) is 0 Å². The number of hydrogen-bond acceptors (Lipinski definition) is 2. The molecular weight excluding hydrogens is 631 g/mol. The zero-order valence-electron chi connectivity index (χ0n) is 28.4. The Balaban J connectivity index is 1.17. The lowest BCUT2D eigenvalue weighted by molar-refractivity contribution is 0.671. The van der Waals surface area contributed by atoms with Crippen molar-refractivity contribution in [2.75, 3.05) is 4.90 Å². The second-order valence-electron chi connectivity index (χ2n) is 13.3. The van der Waals surface area contributed by atoms with Crippen LogP contribution >= 0.6 is 0 Å². The van der Waals surface area contributed by atoms with E-state index in [1.165, 1.54) is 32.7 Å². The molecule has 1 aromatic heterocycles. The summed E-state index contributed by atoms with van der Waals surface area (Å²) in [6.07, 6.45) is 0. The van der Waals surface area contributed by atoms with Crippen LogP contribution in [0.5, 0.6) is 0 Å². The molecule has 2 nitrogen and oxygen atoms in total. The first-order valence-corrected chi connectivity index (χ1v) is 17.8. The maximum absolute atomic E-state index is 6.84. The summed E-state index contributed by atoms with van der Waals surface area (Å²) in [6.45, 7) is 0. The zero-order chi connectivity index (χ0) is 34.4. The third kappa shape index (κ3) is 5.04. The molecule has 0 aliphatic carbocycles. The van der Waals surface area contributed by atoms with Gasteiger partial charge in [-0.1, -0.05) is 170 Å². The summed E-state index contributed by atoms with van der Waals surface area (Å²) < 4.78 is 6.84. The molecule has 244 valence electrons. The fraction of sp³-hybridized carbons (Fsp3) is 0. The van der Waals surface area contributed by atoms with Gasteiger partial charge in [0.1, 0.15) is 11.2 Å². The Morgan fingerprint density at radius 1 is 0.308 bits per heavy atom. The van der Waals surface area contributed by atoms with Gasteiger partial charge in [0, 0.05) is 38.7 Å². The van der Waals surface area contributed by atoms with E-state index in [1.807, 2.05) is 0 Å². The molecule has 0 unspecified atom stereocenters. The Bertz CT molecular complexity index is 2890. The summed E-state index contributed by atoms with van der Waals surface area (Å²) in [6, 6.07) is 71.6. The molecule has 1 heterocycles. The summed E-state index contributed by atoms with van der Waals surface area (Å²) in [4.78, 5) is 2.40. The molecule has 0 atom stereocenters. The SMILES string of the molecule is c1ccc(-c2ccc(N(c3cccc(-c4cccc5c4oc4c(-c6ccccc6)cccc45)c3)c3cc4ccccc4c4ccccc34)cc2)cc1. The average molecular weight is 664 g/mol. The largest absolute Gasteiger partial charge is 0.455 e. The van der Waals surface area contributed by atoms with E-state index in [1.54, 1.807) is 0 Å². The molecule has 10 rings (SSSR count). The van der Waals surface area contributed by atoms with E-state index < -0.39 is 0 Å². The molecule has 0 spiro atoms. The Hall–Kier alpha value is -6.90. The summed E-state index contributed by atoms with van der Waals surface area (Å²) >= 11 is 0. The zero-order valence-corrected chi connectivity index (χ0v) is 28.4. The van der Waals surface area contributed by atoms with Crippen molar-refractivity contribution in [1.29, 1.82) is 0 Å². The second-order valence-corrected chi connectivity index (χ2v) is 13.3. The normalized spacial score (nSPS) is 11.5. The van der Waals surface area contributed by atoms with Crippen LogP contribution in [0.1, 0.15) is 0 Å². The number of furan rings is 1. The number of para-hydroxylation sites is 2. The van der Waals surface area contributed by atoms with Crippen molar-refractivity contribution in [3.05, 3.63) is 200 Å². The molecule has 0 saturated carbocycles. The van der Waals surface area contributed by atoms with Gasteiger partial charge < -0.3 is 9.32 Å². The van der Waals surface area contributed by atoms with Crippen LogP contribution in [0, 0.1) is 0 Å². The van der Waals surface area contributed by atoms with Crippen molar-refractivity contribution in [3.8, 4) is 33.4 Å². The van der Waals surface area contributed by atoms with Crippen molar-refractivity contribution < 1.29 is 4.42 Å². The lowest BCUT2D eigenvalue weighted by Gasteiger charge is -2.28. The second kappa shape index (κ2) is 12.5. The van der Waals surface area contributed by atoms with Crippen molar-refractivity contribution >= 4 is 60.5 Å². The van der Waals surface area contributed by atoms with Crippen molar-refractivity contribution in [1.82, 2.24) is 0 Å². The van der Waals surface area contributed by atoms with Crippen LogP contribution in [0.2, 0.25) is 0 Å². The van der Waals surface area contributed by atoms with Gasteiger partial charge in [-0.05, 0) is 68.7 Å². The lowest BCUT2D eigenvalue weighted by Crippen LogP contribution is -2.10. The van der Waals surface area contributed by atoms with Crippen LogP contribution in [0.4, 0.5) is 17.1 Å². The summed E-state index contributed by atoms with van der Waals surface area (Å²) in [5, 5.41) is 7.13. The summed E-state index contributed by atoms with van der Waals surface area (Å²) in [7, 11) is 0. The molecule has 10 aromatic rings. The summed E-state index contributed by atoms with van der Waals surface area (Å²) in [5.74, 6) is 0. The van der Waals surface area contributed by atoms with Gasteiger partial charge in [-0.15, -0.1) is 0 Å². The molecule has 0 amide bonds. The van der Waals surface area contributed by atoms with E-state index in [2.05, 4.69) is 205 Å². The maximum atomic E-state index is 6.84. The van der Waals surface area contributed by atoms with E-state index in [9.17, 15) is 0 Å². The molecule has 0 aliphatic rings. The van der Waals surface area contributed by atoms with E-state index in [4.69, 9.17) is 4.42 Å². The van der Waals surface area contributed by atoms with Crippen LogP contribution in [-0.4, -0.2) is 0 Å². The minimum Gasteiger partial charge on any atom is -0.455 e. The predicted molar refractivity (Wildman–Crippen MR) is 220 cm³/mol. The Kier molecular flexibility index (Phi) is 7.18. The van der Waals surface area contributed by atoms with Crippen molar-refractivity contribution in [3.63, 3.8) is 0 Å². The molecular formula is C50H33NO. The minimum atomic E-state index is 0.896. The minimum absolute atomic E-state index is 0.896. The highest BCUT2D eigenvalue weighted by molar-refractivity contribution is 6.15. The third-order valence-electron chi connectivity index (χ3n) is 10.2. The molecule has 0 bridgehead atoms. The first kappa shape index (κ1) is 30.0. The van der Waals surface area contributed by atoms with Gasteiger partial charge in [0.15, 0.2) is 0 Å². The number of hydrogen-bond donors (Lipinski definition) is 0. The number of fused-ring (bicyclic) bond motifs is 6. The Morgan fingerprint density at radius 3 is 1.54 bits per heavy atom. The van der Waals surface area contributed by atoms with E-state index in [0.717, 1.165) is 61.3 Å². The van der Waals surface area contributed by atoms with Gasteiger partial charge in [-0.25, -0.2) is 0 Å².